The summed E-state index contributed by atoms with van der Waals surface area (Å²) in [6, 6.07) is 12.9. The summed E-state index contributed by atoms with van der Waals surface area (Å²) in [5.41, 5.74) is 4.06. The molecule has 1 amide bonds. The van der Waals surface area contributed by atoms with Crippen molar-refractivity contribution >= 4 is 11.9 Å². The van der Waals surface area contributed by atoms with E-state index in [2.05, 4.69) is 4.98 Å². The number of halogens is 1. The van der Waals surface area contributed by atoms with Gasteiger partial charge < -0.3 is 19.4 Å². The fraction of sp³-hybridized carbons (Fsp3) is 0.280. The number of methoxy groups -OCH3 is 1. The van der Waals surface area contributed by atoms with Gasteiger partial charge in [-0.1, -0.05) is 12.1 Å². The van der Waals surface area contributed by atoms with E-state index in [1.54, 1.807) is 18.9 Å². The summed E-state index contributed by atoms with van der Waals surface area (Å²) in [5.74, 6) is -0.342. The topological polar surface area (TPSA) is 71.6 Å². The van der Waals surface area contributed by atoms with E-state index in [-0.39, 0.29) is 19.1 Å². The number of hydrogen-bond acceptors (Lipinski definition) is 4. The monoisotopic (exact) mass is 438 g/mol. The summed E-state index contributed by atoms with van der Waals surface area (Å²) in [7, 11) is 1.60. The second kappa shape index (κ2) is 10.1. The maximum atomic E-state index is 13.4. The molecule has 1 N–H and O–H groups in total. The molecule has 0 saturated carbocycles. The van der Waals surface area contributed by atoms with E-state index >= 15 is 0 Å². The number of aryl methyl sites for hydroxylation is 1. The Hall–Kier alpha value is -3.61. The molecule has 1 aromatic heterocycles. The Morgan fingerprint density at radius 3 is 2.25 bits per heavy atom. The number of amides is 1. The van der Waals surface area contributed by atoms with Gasteiger partial charge in [0.2, 0.25) is 0 Å². The highest BCUT2D eigenvalue weighted by Gasteiger charge is 2.23. The Morgan fingerprint density at radius 1 is 1.00 bits per heavy atom. The minimum atomic E-state index is -0.425. The largest absolute Gasteiger partial charge is 0.497 e. The number of nitrogens with one attached hydrogen (secondary N) is 1. The number of carbonyl (C=O) groups excluding carboxylic acids is 2. The molecule has 0 aliphatic rings. The molecule has 0 spiro atoms. The second-order valence-electron chi connectivity index (χ2n) is 7.47. The first-order chi connectivity index (χ1) is 15.3. The second-order valence-corrected chi connectivity index (χ2v) is 7.47. The summed E-state index contributed by atoms with van der Waals surface area (Å²) < 4.78 is 23.7. The van der Waals surface area contributed by atoms with Crippen molar-refractivity contribution in [1.82, 2.24) is 9.88 Å². The molecule has 0 atom stereocenters. The Kier molecular flexibility index (Phi) is 7.30. The summed E-state index contributed by atoms with van der Waals surface area (Å²) in [5, 5.41) is 0. The standard InChI is InChI=1S/C25H27FN2O4/c1-5-32-25(30)23-16(2)22(17(3)27-23)15-28(14-18-6-12-21(31-4)13-7-18)24(29)19-8-10-20(26)11-9-19/h6-13,27H,5,14-15H2,1-4H3. The molecule has 0 saturated heterocycles. The van der Waals surface area contributed by atoms with Crippen LogP contribution in [0, 0.1) is 19.7 Å². The van der Waals surface area contributed by atoms with Gasteiger partial charge in [0.25, 0.3) is 5.91 Å². The van der Waals surface area contributed by atoms with Crippen LogP contribution in [0.1, 0.15) is 50.2 Å². The van der Waals surface area contributed by atoms with Crippen molar-refractivity contribution in [3.05, 3.63) is 88.0 Å². The summed E-state index contributed by atoms with van der Waals surface area (Å²) in [6.07, 6.45) is 0. The molecule has 0 fully saturated rings. The summed E-state index contributed by atoms with van der Waals surface area (Å²) >= 11 is 0. The predicted octanol–water partition coefficient (Wildman–Crippen LogP) is 4.80. The Balaban J connectivity index is 1.94. The fourth-order valence-corrected chi connectivity index (χ4v) is 3.55. The van der Waals surface area contributed by atoms with Crippen LogP contribution in [0.4, 0.5) is 4.39 Å². The van der Waals surface area contributed by atoms with E-state index in [9.17, 15) is 14.0 Å². The van der Waals surface area contributed by atoms with E-state index in [4.69, 9.17) is 9.47 Å². The third-order valence-electron chi connectivity index (χ3n) is 5.33. The van der Waals surface area contributed by atoms with Crippen LogP contribution < -0.4 is 4.74 Å². The van der Waals surface area contributed by atoms with Crippen LogP contribution in [0.2, 0.25) is 0 Å². The number of ether oxygens (including phenoxy) is 2. The zero-order valence-electron chi connectivity index (χ0n) is 18.7. The van der Waals surface area contributed by atoms with Crippen molar-refractivity contribution in [2.45, 2.75) is 33.9 Å². The van der Waals surface area contributed by atoms with Crippen molar-refractivity contribution in [2.24, 2.45) is 0 Å². The van der Waals surface area contributed by atoms with Crippen molar-refractivity contribution in [1.29, 1.82) is 0 Å². The van der Waals surface area contributed by atoms with Crippen LogP contribution in [0.5, 0.6) is 5.75 Å². The number of esters is 1. The van der Waals surface area contributed by atoms with E-state index in [1.165, 1.54) is 24.3 Å². The molecule has 168 valence electrons. The molecule has 32 heavy (non-hydrogen) atoms. The van der Waals surface area contributed by atoms with Crippen molar-refractivity contribution in [3.8, 4) is 5.75 Å². The number of hydrogen-bond donors (Lipinski definition) is 1. The van der Waals surface area contributed by atoms with E-state index in [0.717, 1.165) is 28.1 Å². The fourth-order valence-electron chi connectivity index (χ4n) is 3.55. The van der Waals surface area contributed by atoms with Gasteiger partial charge in [0.1, 0.15) is 17.3 Å². The minimum Gasteiger partial charge on any atom is -0.497 e. The van der Waals surface area contributed by atoms with Crippen LogP contribution in [0.3, 0.4) is 0 Å². The highest BCUT2D eigenvalue weighted by atomic mass is 19.1. The number of carbonyl (C=O) groups is 2. The first-order valence-corrected chi connectivity index (χ1v) is 10.4. The number of aromatic amines is 1. The lowest BCUT2D eigenvalue weighted by atomic mass is 10.1. The predicted molar refractivity (Wildman–Crippen MR) is 119 cm³/mol. The third kappa shape index (κ3) is 5.17. The lowest BCUT2D eigenvalue weighted by Gasteiger charge is -2.24. The van der Waals surface area contributed by atoms with E-state index in [1.807, 2.05) is 38.1 Å². The molecule has 3 aromatic rings. The van der Waals surface area contributed by atoms with Gasteiger partial charge in [-0.05, 0) is 73.9 Å². The minimum absolute atomic E-state index is 0.237. The summed E-state index contributed by atoms with van der Waals surface area (Å²) in [4.78, 5) is 30.4. The van der Waals surface area contributed by atoms with E-state index in [0.29, 0.717) is 17.8 Å². The van der Waals surface area contributed by atoms with Crippen LogP contribution in [0.25, 0.3) is 0 Å². The van der Waals surface area contributed by atoms with Crippen LogP contribution in [0.15, 0.2) is 48.5 Å². The molecule has 0 bridgehead atoms. The zero-order valence-corrected chi connectivity index (χ0v) is 18.7. The highest BCUT2D eigenvalue weighted by molar-refractivity contribution is 5.94. The normalized spacial score (nSPS) is 10.7. The number of rotatable bonds is 8. The maximum Gasteiger partial charge on any atom is 0.355 e. The van der Waals surface area contributed by atoms with Gasteiger partial charge in [-0.3, -0.25) is 4.79 Å². The van der Waals surface area contributed by atoms with Gasteiger partial charge in [-0.15, -0.1) is 0 Å². The first-order valence-electron chi connectivity index (χ1n) is 10.4. The van der Waals surface area contributed by atoms with E-state index < -0.39 is 11.8 Å². The van der Waals surface area contributed by atoms with Crippen LogP contribution in [-0.4, -0.2) is 35.5 Å². The SMILES string of the molecule is CCOC(=O)c1[nH]c(C)c(CN(Cc2ccc(OC)cc2)C(=O)c2ccc(F)cc2)c1C. The van der Waals surface area contributed by atoms with Gasteiger partial charge in [-0.2, -0.15) is 0 Å². The van der Waals surface area contributed by atoms with Gasteiger partial charge in [0.05, 0.1) is 13.7 Å². The third-order valence-corrected chi connectivity index (χ3v) is 5.33. The number of aromatic nitrogens is 1. The molecule has 0 aliphatic carbocycles. The average molecular weight is 438 g/mol. The molecular weight excluding hydrogens is 411 g/mol. The van der Waals surface area contributed by atoms with Gasteiger partial charge >= 0.3 is 5.97 Å². The smallest absolute Gasteiger partial charge is 0.355 e. The molecule has 2 aromatic carbocycles. The molecule has 0 radical (unpaired) electrons. The van der Waals surface area contributed by atoms with Crippen molar-refractivity contribution in [3.63, 3.8) is 0 Å². The molecule has 1 heterocycles. The zero-order chi connectivity index (χ0) is 23.3. The Labute approximate surface area is 187 Å². The maximum absolute atomic E-state index is 13.4. The molecule has 0 aliphatic heterocycles. The molecule has 3 rings (SSSR count). The quantitative estimate of drug-likeness (QED) is 0.513. The molecular formula is C25H27FN2O4. The van der Waals surface area contributed by atoms with Crippen LogP contribution in [-0.2, 0) is 17.8 Å². The highest BCUT2D eigenvalue weighted by Crippen LogP contribution is 2.23. The van der Waals surface area contributed by atoms with Crippen LogP contribution >= 0.6 is 0 Å². The number of benzene rings is 2. The lowest BCUT2D eigenvalue weighted by Crippen LogP contribution is -2.30. The van der Waals surface area contributed by atoms with Gasteiger partial charge in [-0.25, -0.2) is 9.18 Å². The van der Waals surface area contributed by atoms with Gasteiger partial charge in [0.15, 0.2) is 0 Å². The van der Waals surface area contributed by atoms with Gasteiger partial charge in [0, 0.05) is 24.3 Å². The Morgan fingerprint density at radius 2 is 1.66 bits per heavy atom. The first kappa shape index (κ1) is 23.1. The number of H-pyrrole nitrogens is 1. The average Bonchev–Trinajstić information content (AvgIpc) is 3.07. The molecule has 7 heteroatoms. The van der Waals surface area contributed by atoms with Crippen molar-refractivity contribution in [2.75, 3.05) is 13.7 Å². The molecule has 6 nitrogen and oxygen atoms in total. The lowest BCUT2D eigenvalue weighted by molar-refractivity contribution is 0.0519. The summed E-state index contributed by atoms with van der Waals surface area (Å²) in [6.45, 7) is 6.33. The molecule has 0 unspecified atom stereocenters. The number of nitrogens with zero attached hydrogens (tertiary/aromatic N) is 1. The van der Waals surface area contributed by atoms with Crippen molar-refractivity contribution < 1.29 is 23.5 Å². The Bertz CT molecular complexity index is 1090.